The number of imidazole rings is 1. The summed E-state index contributed by atoms with van der Waals surface area (Å²) >= 11 is 12.5. The maximum atomic E-state index is 12.4. The Hall–Kier alpha value is -3.77. The zero-order chi connectivity index (χ0) is 33.9. The summed E-state index contributed by atoms with van der Waals surface area (Å²) in [6, 6.07) is 23.8. The van der Waals surface area contributed by atoms with Crippen LogP contribution in [0.25, 0.3) is 11.1 Å². The van der Waals surface area contributed by atoms with E-state index in [4.69, 9.17) is 37.9 Å². The number of hydroxylamine groups is 1. The van der Waals surface area contributed by atoms with Gasteiger partial charge in [0.15, 0.2) is 11.4 Å². The molecule has 48 heavy (non-hydrogen) atoms. The summed E-state index contributed by atoms with van der Waals surface area (Å²) in [6.07, 6.45) is 4.80. The molecule has 3 atom stereocenters. The van der Waals surface area contributed by atoms with Crippen molar-refractivity contribution in [1.82, 2.24) is 20.3 Å². The number of hydrogen-bond acceptors (Lipinski definition) is 7. The van der Waals surface area contributed by atoms with Crippen LogP contribution >= 0.6 is 23.2 Å². The number of hydrogen-bond donors (Lipinski definition) is 4. The van der Waals surface area contributed by atoms with Gasteiger partial charge in [0.05, 0.1) is 31.7 Å². The van der Waals surface area contributed by atoms with E-state index in [-0.39, 0.29) is 42.2 Å². The first-order chi connectivity index (χ1) is 23.3. The minimum absolute atomic E-state index is 0.0172. The van der Waals surface area contributed by atoms with E-state index in [1.165, 1.54) is 0 Å². The molecule has 0 saturated carbocycles. The van der Waals surface area contributed by atoms with Gasteiger partial charge in [-0.1, -0.05) is 96.7 Å². The molecule has 0 unspecified atom stereocenters. The number of unbranched alkanes of at least 4 members (excludes halogenated alkanes) is 3. The van der Waals surface area contributed by atoms with Crippen molar-refractivity contribution in [3.63, 3.8) is 0 Å². The SMILES string of the molecule is O=C(CCCCCCC(=O)NCc1cccc(-c2cccc([C@@H]3O[C@H](Cn4cnc(Cl)c4Cl)C[C@H](c4ccc(CO)cc4)O3)c2)c1)NO. The van der Waals surface area contributed by atoms with Gasteiger partial charge in [0.2, 0.25) is 11.8 Å². The Bertz CT molecular complexity index is 1660. The second kappa shape index (κ2) is 17.6. The maximum absolute atomic E-state index is 12.4. The highest BCUT2D eigenvalue weighted by Crippen LogP contribution is 2.39. The molecule has 2 amide bonds. The number of carbonyl (C=O) groups is 2. The fraction of sp³-hybridized carbons (Fsp3) is 0.361. The lowest BCUT2D eigenvalue weighted by atomic mass is 9.98. The molecule has 1 fully saturated rings. The summed E-state index contributed by atoms with van der Waals surface area (Å²) < 4.78 is 14.8. The van der Waals surface area contributed by atoms with E-state index in [2.05, 4.69) is 22.4 Å². The van der Waals surface area contributed by atoms with Gasteiger partial charge in [-0.3, -0.25) is 14.8 Å². The van der Waals surface area contributed by atoms with Gasteiger partial charge < -0.3 is 24.5 Å². The molecule has 3 aromatic carbocycles. The number of aliphatic hydroxyl groups is 1. The fourth-order valence-electron chi connectivity index (χ4n) is 5.72. The molecule has 10 nitrogen and oxygen atoms in total. The first kappa shape index (κ1) is 35.5. The summed E-state index contributed by atoms with van der Waals surface area (Å²) in [5, 5.41) is 21.7. The first-order valence-corrected chi connectivity index (χ1v) is 16.8. The lowest BCUT2D eigenvalue weighted by Gasteiger charge is -2.36. The van der Waals surface area contributed by atoms with Crippen molar-refractivity contribution in [3.8, 4) is 11.1 Å². The van der Waals surface area contributed by atoms with Crippen LogP contribution in [0.3, 0.4) is 0 Å². The lowest BCUT2D eigenvalue weighted by Crippen LogP contribution is -2.32. The number of benzene rings is 3. The quantitative estimate of drug-likeness (QED) is 0.0595. The van der Waals surface area contributed by atoms with Gasteiger partial charge in [-0.2, -0.15) is 0 Å². The second-order valence-corrected chi connectivity index (χ2v) is 12.6. The first-order valence-electron chi connectivity index (χ1n) is 16.1. The highest BCUT2D eigenvalue weighted by atomic mass is 35.5. The van der Waals surface area contributed by atoms with E-state index in [0.29, 0.717) is 37.5 Å². The second-order valence-electron chi connectivity index (χ2n) is 11.9. The van der Waals surface area contributed by atoms with Crippen molar-refractivity contribution in [2.75, 3.05) is 0 Å². The highest BCUT2D eigenvalue weighted by Gasteiger charge is 2.33. The van der Waals surface area contributed by atoms with E-state index < -0.39 is 6.29 Å². The Kier molecular flexibility index (Phi) is 13.0. The predicted molar refractivity (Wildman–Crippen MR) is 182 cm³/mol. The van der Waals surface area contributed by atoms with E-state index in [1.807, 2.05) is 60.7 Å². The van der Waals surface area contributed by atoms with Crippen molar-refractivity contribution in [3.05, 3.63) is 112 Å². The van der Waals surface area contributed by atoms with Gasteiger partial charge >= 0.3 is 0 Å². The number of halogens is 2. The van der Waals surface area contributed by atoms with Gasteiger partial charge in [-0.15, -0.1) is 0 Å². The average Bonchev–Trinajstić information content (AvgIpc) is 3.44. The number of carbonyl (C=O) groups excluding carboxylic acids is 2. The van der Waals surface area contributed by atoms with Crippen molar-refractivity contribution in [2.45, 2.75) is 83.1 Å². The summed E-state index contributed by atoms with van der Waals surface area (Å²) in [4.78, 5) is 27.6. The third kappa shape index (κ3) is 9.88. The standard InChI is InChI=1S/C36H40Cl2N4O6/c37-34-35(38)42(23-40-34)21-30-19-31(26-15-13-24(22-43)14-16-26)48-36(47-30)29-10-6-9-28(18-29)27-8-5-7-25(17-27)20-39-32(44)11-3-1-2-4-12-33(45)41-46/h5-10,13-18,23,30-31,36,43,46H,1-4,11-12,19-22H2,(H,39,44)(H,41,45)/t30-,31+,36+/m0/s1. The smallest absolute Gasteiger partial charge is 0.243 e. The van der Waals surface area contributed by atoms with Crippen molar-refractivity contribution in [1.29, 1.82) is 0 Å². The van der Waals surface area contributed by atoms with Crippen LogP contribution in [0.15, 0.2) is 79.1 Å². The van der Waals surface area contributed by atoms with Crippen LogP contribution in [0.4, 0.5) is 0 Å². The molecule has 4 aromatic rings. The number of aromatic nitrogens is 2. The topological polar surface area (TPSA) is 135 Å². The van der Waals surface area contributed by atoms with Gasteiger partial charge in [-0.25, -0.2) is 10.5 Å². The summed E-state index contributed by atoms with van der Waals surface area (Å²) in [5.41, 5.74) is 7.26. The highest BCUT2D eigenvalue weighted by molar-refractivity contribution is 6.40. The Morgan fingerprint density at radius 3 is 2.25 bits per heavy atom. The minimum atomic E-state index is -0.654. The molecule has 1 aliphatic heterocycles. The minimum Gasteiger partial charge on any atom is -0.392 e. The Morgan fingerprint density at radius 1 is 0.854 bits per heavy atom. The molecule has 1 aromatic heterocycles. The number of amides is 2. The van der Waals surface area contributed by atoms with Gasteiger partial charge in [-0.05, 0) is 52.8 Å². The van der Waals surface area contributed by atoms with Crippen molar-refractivity contribution < 1.29 is 29.4 Å². The normalized spacial score (nSPS) is 17.6. The monoisotopic (exact) mass is 694 g/mol. The van der Waals surface area contributed by atoms with Crippen LogP contribution < -0.4 is 10.8 Å². The molecular weight excluding hydrogens is 655 g/mol. The molecule has 1 saturated heterocycles. The fourth-order valence-corrected chi connectivity index (χ4v) is 6.03. The molecule has 0 radical (unpaired) electrons. The predicted octanol–water partition coefficient (Wildman–Crippen LogP) is 7.06. The third-order valence-corrected chi connectivity index (χ3v) is 9.11. The number of nitrogens with one attached hydrogen (secondary N) is 2. The van der Waals surface area contributed by atoms with E-state index in [1.54, 1.807) is 16.4 Å². The van der Waals surface area contributed by atoms with Crippen LogP contribution in [0, 0.1) is 0 Å². The summed E-state index contributed by atoms with van der Waals surface area (Å²) in [6.45, 7) is 0.828. The van der Waals surface area contributed by atoms with E-state index in [0.717, 1.165) is 52.6 Å². The molecule has 0 spiro atoms. The zero-order valence-corrected chi connectivity index (χ0v) is 28.0. The molecule has 1 aliphatic rings. The number of aliphatic hydroxyl groups excluding tert-OH is 1. The number of nitrogens with zero attached hydrogens (tertiary/aromatic N) is 2. The van der Waals surface area contributed by atoms with Crippen LogP contribution in [-0.2, 0) is 38.8 Å². The van der Waals surface area contributed by atoms with Crippen LogP contribution in [-0.4, -0.2) is 37.8 Å². The molecule has 254 valence electrons. The zero-order valence-electron chi connectivity index (χ0n) is 26.5. The molecule has 4 N–H and O–H groups in total. The molecular formula is C36H40Cl2N4O6. The summed E-state index contributed by atoms with van der Waals surface area (Å²) in [7, 11) is 0. The molecule has 0 aliphatic carbocycles. The molecule has 5 rings (SSSR count). The number of rotatable bonds is 15. The van der Waals surface area contributed by atoms with Crippen LogP contribution in [0.1, 0.15) is 79.6 Å². The van der Waals surface area contributed by atoms with Crippen molar-refractivity contribution >= 4 is 35.0 Å². The van der Waals surface area contributed by atoms with E-state index >= 15 is 0 Å². The van der Waals surface area contributed by atoms with Crippen molar-refractivity contribution in [2.24, 2.45) is 0 Å². The molecule has 12 heteroatoms. The largest absolute Gasteiger partial charge is 0.392 e. The van der Waals surface area contributed by atoms with Crippen LogP contribution in [0.5, 0.6) is 0 Å². The van der Waals surface area contributed by atoms with Gasteiger partial charge in [0.25, 0.3) is 0 Å². The van der Waals surface area contributed by atoms with Gasteiger partial charge in [0.1, 0.15) is 5.15 Å². The Balaban J connectivity index is 1.24. The van der Waals surface area contributed by atoms with Gasteiger partial charge in [0, 0.05) is 31.4 Å². The number of ether oxygens (including phenoxy) is 2. The average molecular weight is 696 g/mol. The Morgan fingerprint density at radius 2 is 1.56 bits per heavy atom. The Labute approximate surface area is 290 Å². The summed E-state index contributed by atoms with van der Waals surface area (Å²) in [5.74, 6) is -0.406. The maximum Gasteiger partial charge on any atom is 0.243 e. The molecule has 2 heterocycles. The lowest BCUT2D eigenvalue weighted by molar-refractivity contribution is -0.252. The molecule has 0 bridgehead atoms. The van der Waals surface area contributed by atoms with Crippen LogP contribution in [0.2, 0.25) is 10.3 Å². The third-order valence-electron chi connectivity index (χ3n) is 8.34. The van der Waals surface area contributed by atoms with E-state index in [9.17, 15) is 14.7 Å².